The number of amides is 2. The first-order valence-electron chi connectivity index (χ1n) is 7.49. The first kappa shape index (κ1) is 16.1. The first-order valence-corrected chi connectivity index (χ1v) is 9.59. The summed E-state index contributed by atoms with van der Waals surface area (Å²) in [5, 5.41) is 9.99. The molecule has 120 valence electrons. The standard InChI is InChI=1S/C17H18N2O2S2/c20-16-9-14(13-3-1-2-4-15(13)19-16)17(21)18-6-8-23-11-12-5-7-22-10-12/h1-5,7,10,14H,6,8-9,11H2,(H,18,21)(H,19,20). The predicted molar refractivity (Wildman–Crippen MR) is 95.9 cm³/mol. The Hall–Kier alpha value is -1.79. The zero-order valence-corrected chi connectivity index (χ0v) is 14.2. The smallest absolute Gasteiger partial charge is 0.228 e. The summed E-state index contributed by atoms with van der Waals surface area (Å²) in [5.74, 6) is 1.27. The van der Waals surface area contributed by atoms with E-state index in [4.69, 9.17) is 0 Å². The molecule has 3 rings (SSSR count). The Morgan fingerprint density at radius 3 is 3.04 bits per heavy atom. The van der Waals surface area contributed by atoms with Crippen molar-refractivity contribution < 1.29 is 9.59 Å². The lowest BCUT2D eigenvalue weighted by Crippen LogP contribution is -2.36. The Morgan fingerprint density at radius 2 is 2.22 bits per heavy atom. The van der Waals surface area contributed by atoms with Gasteiger partial charge in [-0.3, -0.25) is 9.59 Å². The number of hydrogen-bond donors (Lipinski definition) is 2. The summed E-state index contributed by atoms with van der Waals surface area (Å²) in [6, 6.07) is 9.62. The Labute approximate surface area is 143 Å². The molecule has 23 heavy (non-hydrogen) atoms. The van der Waals surface area contributed by atoms with Gasteiger partial charge in [-0.1, -0.05) is 18.2 Å². The maximum Gasteiger partial charge on any atom is 0.228 e. The van der Waals surface area contributed by atoms with E-state index in [1.807, 2.05) is 24.3 Å². The van der Waals surface area contributed by atoms with Crippen LogP contribution in [0.25, 0.3) is 0 Å². The monoisotopic (exact) mass is 346 g/mol. The van der Waals surface area contributed by atoms with Crippen molar-refractivity contribution in [3.8, 4) is 0 Å². The third kappa shape index (κ3) is 4.14. The molecule has 0 aliphatic carbocycles. The Bertz CT molecular complexity index is 686. The fourth-order valence-corrected chi connectivity index (χ4v) is 4.16. The molecule has 4 nitrogen and oxygen atoms in total. The van der Waals surface area contributed by atoms with E-state index < -0.39 is 0 Å². The summed E-state index contributed by atoms with van der Waals surface area (Å²) in [5.41, 5.74) is 2.97. The van der Waals surface area contributed by atoms with E-state index in [9.17, 15) is 9.59 Å². The summed E-state index contributed by atoms with van der Waals surface area (Å²) in [7, 11) is 0. The van der Waals surface area contributed by atoms with Gasteiger partial charge >= 0.3 is 0 Å². The van der Waals surface area contributed by atoms with Gasteiger partial charge in [0.2, 0.25) is 11.8 Å². The number of benzene rings is 1. The number of nitrogens with one attached hydrogen (secondary N) is 2. The third-order valence-corrected chi connectivity index (χ3v) is 5.47. The number of thioether (sulfide) groups is 1. The summed E-state index contributed by atoms with van der Waals surface area (Å²) in [6.45, 7) is 0.619. The fraction of sp³-hybridized carbons (Fsp3) is 0.294. The van der Waals surface area contributed by atoms with Crippen molar-refractivity contribution in [3.63, 3.8) is 0 Å². The Kier molecular flexibility index (Phi) is 5.35. The molecule has 1 atom stereocenters. The summed E-state index contributed by atoms with van der Waals surface area (Å²) in [6.07, 6.45) is 0.213. The number of para-hydroxylation sites is 1. The fourth-order valence-electron chi connectivity index (χ4n) is 2.58. The highest BCUT2D eigenvalue weighted by Gasteiger charge is 2.29. The molecule has 1 unspecified atom stereocenters. The second kappa shape index (κ2) is 7.66. The van der Waals surface area contributed by atoms with Gasteiger partial charge in [-0.05, 0) is 34.0 Å². The van der Waals surface area contributed by atoms with Gasteiger partial charge in [-0.2, -0.15) is 23.1 Å². The lowest BCUT2D eigenvalue weighted by Gasteiger charge is -2.24. The number of thiophene rings is 1. The molecule has 0 saturated carbocycles. The molecule has 2 heterocycles. The maximum atomic E-state index is 12.4. The van der Waals surface area contributed by atoms with Crippen molar-refractivity contribution in [2.24, 2.45) is 0 Å². The van der Waals surface area contributed by atoms with Crippen molar-refractivity contribution in [3.05, 3.63) is 52.2 Å². The second-order valence-corrected chi connectivity index (χ2v) is 7.25. The molecule has 0 bridgehead atoms. The van der Waals surface area contributed by atoms with Crippen molar-refractivity contribution in [2.75, 3.05) is 17.6 Å². The molecule has 6 heteroatoms. The maximum absolute atomic E-state index is 12.4. The van der Waals surface area contributed by atoms with Gasteiger partial charge in [-0.25, -0.2) is 0 Å². The van der Waals surface area contributed by atoms with Gasteiger partial charge in [0.15, 0.2) is 0 Å². The van der Waals surface area contributed by atoms with E-state index in [0.717, 1.165) is 22.8 Å². The molecule has 1 aliphatic heterocycles. The van der Waals surface area contributed by atoms with Crippen molar-refractivity contribution in [1.82, 2.24) is 5.32 Å². The van der Waals surface area contributed by atoms with Crippen LogP contribution in [-0.4, -0.2) is 24.1 Å². The molecule has 1 aromatic heterocycles. The van der Waals surface area contributed by atoms with Gasteiger partial charge in [0.05, 0.1) is 5.92 Å². The van der Waals surface area contributed by atoms with Crippen molar-refractivity contribution in [2.45, 2.75) is 18.1 Å². The van der Waals surface area contributed by atoms with E-state index >= 15 is 0 Å². The quantitative estimate of drug-likeness (QED) is 0.790. The van der Waals surface area contributed by atoms with Crippen molar-refractivity contribution >= 4 is 40.6 Å². The minimum atomic E-state index is -0.387. The van der Waals surface area contributed by atoms with Gasteiger partial charge in [0.1, 0.15) is 0 Å². The van der Waals surface area contributed by atoms with Crippen LogP contribution in [0, 0.1) is 0 Å². The number of fused-ring (bicyclic) bond motifs is 1. The van der Waals surface area contributed by atoms with Crippen LogP contribution in [0.2, 0.25) is 0 Å². The molecule has 2 amide bonds. The number of carbonyl (C=O) groups is 2. The van der Waals surface area contributed by atoms with E-state index in [2.05, 4.69) is 27.5 Å². The Morgan fingerprint density at radius 1 is 1.35 bits per heavy atom. The van der Waals surface area contributed by atoms with E-state index in [-0.39, 0.29) is 24.2 Å². The molecular formula is C17H18N2O2S2. The normalized spacial score (nSPS) is 16.5. The molecule has 2 N–H and O–H groups in total. The SMILES string of the molecule is O=C1CC(C(=O)NCCSCc2ccsc2)c2ccccc2N1. The van der Waals surface area contributed by atoms with Gasteiger partial charge in [0, 0.05) is 30.2 Å². The van der Waals surface area contributed by atoms with Gasteiger partial charge in [0.25, 0.3) is 0 Å². The average molecular weight is 346 g/mol. The predicted octanol–water partition coefficient (Wildman–Crippen LogP) is 3.22. The molecular weight excluding hydrogens is 328 g/mol. The first-order chi connectivity index (χ1) is 11.2. The average Bonchev–Trinajstić information content (AvgIpc) is 3.07. The molecule has 1 aliphatic rings. The van der Waals surface area contributed by atoms with Gasteiger partial charge < -0.3 is 10.6 Å². The number of rotatable bonds is 6. The Balaban J connectivity index is 1.49. The zero-order valence-electron chi connectivity index (χ0n) is 12.6. The van der Waals surface area contributed by atoms with E-state index in [1.165, 1.54) is 5.56 Å². The highest BCUT2D eigenvalue weighted by atomic mass is 32.2. The van der Waals surface area contributed by atoms with Crippen LogP contribution in [0.4, 0.5) is 5.69 Å². The molecule has 2 aromatic rings. The molecule has 0 fully saturated rings. The highest BCUT2D eigenvalue weighted by molar-refractivity contribution is 7.98. The topological polar surface area (TPSA) is 58.2 Å². The van der Waals surface area contributed by atoms with Crippen LogP contribution in [0.3, 0.4) is 0 Å². The molecule has 1 aromatic carbocycles. The minimum Gasteiger partial charge on any atom is -0.355 e. The van der Waals surface area contributed by atoms with Crippen LogP contribution in [0.15, 0.2) is 41.1 Å². The van der Waals surface area contributed by atoms with Crippen LogP contribution < -0.4 is 10.6 Å². The number of hydrogen-bond acceptors (Lipinski definition) is 4. The summed E-state index contributed by atoms with van der Waals surface area (Å²) in [4.78, 5) is 24.2. The largest absolute Gasteiger partial charge is 0.355 e. The number of anilines is 1. The second-order valence-electron chi connectivity index (χ2n) is 5.37. The molecule has 0 radical (unpaired) electrons. The van der Waals surface area contributed by atoms with Crippen LogP contribution in [0.1, 0.15) is 23.5 Å². The van der Waals surface area contributed by atoms with E-state index in [0.29, 0.717) is 6.54 Å². The zero-order chi connectivity index (χ0) is 16.1. The van der Waals surface area contributed by atoms with Gasteiger partial charge in [-0.15, -0.1) is 0 Å². The minimum absolute atomic E-state index is 0.0663. The summed E-state index contributed by atoms with van der Waals surface area (Å²) < 4.78 is 0. The molecule has 0 spiro atoms. The number of carbonyl (C=O) groups excluding carboxylic acids is 2. The third-order valence-electron chi connectivity index (χ3n) is 3.71. The summed E-state index contributed by atoms with van der Waals surface area (Å²) >= 11 is 3.50. The lowest BCUT2D eigenvalue weighted by molar-refractivity contribution is -0.126. The van der Waals surface area contributed by atoms with Crippen LogP contribution in [-0.2, 0) is 15.3 Å². The highest BCUT2D eigenvalue weighted by Crippen LogP contribution is 2.31. The van der Waals surface area contributed by atoms with Crippen LogP contribution >= 0.6 is 23.1 Å². The lowest BCUT2D eigenvalue weighted by atomic mass is 9.90. The van der Waals surface area contributed by atoms with E-state index in [1.54, 1.807) is 23.1 Å². The molecule has 0 saturated heterocycles. The van der Waals surface area contributed by atoms with Crippen molar-refractivity contribution in [1.29, 1.82) is 0 Å². The van der Waals surface area contributed by atoms with Crippen LogP contribution in [0.5, 0.6) is 0 Å².